The van der Waals surface area contributed by atoms with Crippen molar-refractivity contribution in [2.45, 2.75) is 45.7 Å². The van der Waals surface area contributed by atoms with Crippen LogP contribution in [0.15, 0.2) is 22.7 Å². The quantitative estimate of drug-likeness (QED) is 0.860. The lowest BCUT2D eigenvalue weighted by Crippen LogP contribution is -2.35. The fraction of sp³-hybridized carbons (Fsp3) is 0.647. The number of rotatable bonds is 5. The molecule has 1 aliphatic rings. The second-order valence-electron chi connectivity index (χ2n) is 6.72. The van der Waals surface area contributed by atoms with Gasteiger partial charge in [-0.2, -0.15) is 0 Å². The normalized spacial score (nSPS) is 17.0. The molecule has 0 amide bonds. The average molecular weight is 356 g/mol. The minimum atomic E-state index is 0.110. The molecule has 4 heteroatoms. The van der Waals surface area contributed by atoms with E-state index in [2.05, 4.69) is 54.2 Å². The highest BCUT2D eigenvalue weighted by atomic mass is 79.9. The van der Waals surface area contributed by atoms with Crippen molar-refractivity contribution in [3.63, 3.8) is 0 Å². The van der Waals surface area contributed by atoms with E-state index < -0.39 is 0 Å². The number of ether oxygens (including phenoxy) is 2. The predicted molar refractivity (Wildman–Crippen MR) is 89.8 cm³/mol. The Hall–Kier alpha value is -0.580. The summed E-state index contributed by atoms with van der Waals surface area (Å²) in [4.78, 5) is 0. The highest BCUT2D eigenvalue weighted by Crippen LogP contribution is 2.24. The maximum Gasteiger partial charge on any atom is 0.119 e. The first-order valence-electron chi connectivity index (χ1n) is 7.68. The fourth-order valence-corrected chi connectivity index (χ4v) is 2.65. The monoisotopic (exact) mass is 355 g/mol. The molecule has 21 heavy (non-hydrogen) atoms. The minimum Gasteiger partial charge on any atom is -0.493 e. The smallest absolute Gasteiger partial charge is 0.119 e. The Morgan fingerprint density at radius 1 is 1.29 bits per heavy atom. The largest absolute Gasteiger partial charge is 0.493 e. The van der Waals surface area contributed by atoms with E-state index in [-0.39, 0.29) is 5.54 Å². The van der Waals surface area contributed by atoms with Gasteiger partial charge in [-0.15, -0.1) is 0 Å². The van der Waals surface area contributed by atoms with Crippen LogP contribution in [0.1, 0.15) is 39.2 Å². The molecule has 1 saturated heterocycles. The third-order valence-corrected chi connectivity index (χ3v) is 4.43. The fourth-order valence-electron chi connectivity index (χ4n) is 2.26. The number of hydrogen-bond donors (Lipinski definition) is 1. The van der Waals surface area contributed by atoms with Gasteiger partial charge in [-0.25, -0.2) is 0 Å². The van der Waals surface area contributed by atoms with Gasteiger partial charge in [0.25, 0.3) is 0 Å². The molecule has 0 radical (unpaired) electrons. The van der Waals surface area contributed by atoms with Crippen LogP contribution in [-0.4, -0.2) is 25.4 Å². The third-order valence-electron chi connectivity index (χ3n) is 3.65. The second-order valence-corrected chi connectivity index (χ2v) is 7.58. The molecule has 1 aromatic carbocycles. The van der Waals surface area contributed by atoms with Crippen molar-refractivity contribution in [1.29, 1.82) is 0 Å². The highest BCUT2D eigenvalue weighted by Gasteiger charge is 2.15. The molecule has 1 aromatic rings. The first-order chi connectivity index (χ1) is 9.94. The maximum atomic E-state index is 5.97. The third kappa shape index (κ3) is 5.97. The lowest BCUT2D eigenvalue weighted by atomic mass is 10.0. The molecular weight excluding hydrogens is 330 g/mol. The van der Waals surface area contributed by atoms with Gasteiger partial charge in [-0.1, -0.05) is 15.9 Å². The molecule has 1 aliphatic heterocycles. The van der Waals surface area contributed by atoms with E-state index in [9.17, 15) is 0 Å². The van der Waals surface area contributed by atoms with Crippen molar-refractivity contribution in [2.75, 3.05) is 19.8 Å². The van der Waals surface area contributed by atoms with E-state index in [1.807, 2.05) is 6.07 Å². The summed E-state index contributed by atoms with van der Waals surface area (Å²) in [6.07, 6.45) is 2.21. The molecule has 1 fully saturated rings. The summed E-state index contributed by atoms with van der Waals surface area (Å²) >= 11 is 3.61. The number of hydrogen-bond acceptors (Lipinski definition) is 3. The van der Waals surface area contributed by atoms with Crippen LogP contribution in [0, 0.1) is 5.92 Å². The van der Waals surface area contributed by atoms with Crippen LogP contribution < -0.4 is 10.1 Å². The molecule has 118 valence electrons. The van der Waals surface area contributed by atoms with Gasteiger partial charge < -0.3 is 14.8 Å². The average Bonchev–Trinajstić information content (AvgIpc) is 2.45. The zero-order valence-corrected chi connectivity index (χ0v) is 14.8. The molecule has 1 N–H and O–H groups in total. The van der Waals surface area contributed by atoms with Crippen LogP contribution in [0.2, 0.25) is 0 Å². The lowest BCUT2D eigenvalue weighted by molar-refractivity contribution is 0.0497. The molecule has 0 spiro atoms. The first-order valence-corrected chi connectivity index (χ1v) is 8.47. The van der Waals surface area contributed by atoms with Gasteiger partial charge in [0, 0.05) is 29.8 Å². The van der Waals surface area contributed by atoms with E-state index in [0.29, 0.717) is 5.92 Å². The van der Waals surface area contributed by atoms with Crippen LogP contribution in [0.25, 0.3) is 0 Å². The summed E-state index contributed by atoms with van der Waals surface area (Å²) < 4.78 is 12.5. The zero-order chi connectivity index (χ0) is 15.3. The topological polar surface area (TPSA) is 30.5 Å². The highest BCUT2D eigenvalue weighted by molar-refractivity contribution is 9.10. The number of benzene rings is 1. The molecular formula is C17H26BrNO2. The van der Waals surface area contributed by atoms with Crippen LogP contribution in [-0.2, 0) is 11.3 Å². The summed E-state index contributed by atoms with van der Waals surface area (Å²) in [6, 6.07) is 6.23. The summed E-state index contributed by atoms with van der Waals surface area (Å²) in [5.41, 5.74) is 1.34. The number of halogens is 1. The van der Waals surface area contributed by atoms with Gasteiger partial charge in [0.05, 0.1) is 6.61 Å². The van der Waals surface area contributed by atoms with Gasteiger partial charge >= 0.3 is 0 Å². The van der Waals surface area contributed by atoms with E-state index >= 15 is 0 Å². The zero-order valence-electron chi connectivity index (χ0n) is 13.2. The van der Waals surface area contributed by atoms with Gasteiger partial charge in [0.15, 0.2) is 0 Å². The Bertz CT molecular complexity index is 451. The first kappa shape index (κ1) is 16.8. The summed E-state index contributed by atoms with van der Waals surface area (Å²) in [6.45, 7) is 9.88. The van der Waals surface area contributed by atoms with Crippen molar-refractivity contribution >= 4 is 15.9 Å². The summed E-state index contributed by atoms with van der Waals surface area (Å²) in [7, 11) is 0. The SMILES string of the molecule is CC(C)(C)NCc1cc(OCC2CCOCC2)ccc1Br. The standard InChI is InChI=1S/C17H26BrNO2/c1-17(2,3)19-11-14-10-15(4-5-16(14)18)21-12-13-6-8-20-9-7-13/h4-5,10,13,19H,6-9,11-12H2,1-3H3. The van der Waals surface area contributed by atoms with E-state index in [0.717, 1.165) is 49.4 Å². The lowest BCUT2D eigenvalue weighted by Gasteiger charge is -2.23. The Labute approximate surface area is 136 Å². The maximum absolute atomic E-state index is 5.97. The molecule has 0 aliphatic carbocycles. The van der Waals surface area contributed by atoms with Crippen molar-refractivity contribution in [3.8, 4) is 5.75 Å². The molecule has 1 heterocycles. The van der Waals surface area contributed by atoms with Crippen molar-refractivity contribution < 1.29 is 9.47 Å². The predicted octanol–water partition coefficient (Wildman–Crippen LogP) is 4.14. The Kier molecular flexibility index (Phi) is 6.08. The Morgan fingerprint density at radius 3 is 2.67 bits per heavy atom. The molecule has 2 rings (SSSR count). The molecule has 3 nitrogen and oxygen atoms in total. The molecule has 0 bridgehead atoms. The van der Waals surface area contributed by atoms with Crippen molar-refractivity contribution in [1.82, 2.24) is 5.32 Å². The number of nitrogens with one attached hydrogen (secondary N) is 1. The van der Waals surface area contributed by atoms with Crippen LogP contribution in [0.4, 0.5) is 0 Å². The van der Waals surface area contributed by atoms with Crippen molar-refractivity contribution in [3.05, 3.63) is 28.2 Å². The summed E-state index contributed by atoms with van der Waals surface area (Å²) in [5.74, 6) is 1.58. The second kappa shape index (κ2) is 7.61. The summed E-state index contributed by atoms with van der Waals surface area (Å²) in [5, 5.41) is 3.51. The van der Waals surface area contributed by atoms with Gasteiger partial charge in [0.1, 0.15) is 5.75 Å². The van der Waals surface area contributed by atoms with E-state index in [4.69, 9.17) is 9.47 Å². The Morgan fingerprint density at radius 2 is 2.00 bits per heavy atom. The molecule has 0 aromatic heterocycles. The van der Waals surface area contributed by atoms with Gasteiger partial charge in [-0.05, 0) is 63.3 Å². The minimum absolute atomic E-state index is 0.110. The van der Waals surface area contributed by atoms with Crippen molar-refractivity contribution in [2.24, 2.45) is 5.92 Å². The molecule has 0 saturated carbocycles. The van der Waals surface area contributed by atoms with Crippen LogP contribution >= 0.6 is 15.9 Å². The van der Waals surface area contributed by atoms with E-state index in [1.54, 1.807) is 0 Å². The molecule has 0 atom stereocenters. The van der Waals surface area contributed by atoms with Gasteiger partial charge in [-0.3, -0.25) is 0 Å². The van der Waals surface area contributed by atoms with Crippen LogP contribution in [0.3, 0.4) is 0 Å². The van der Waals surface area contributed by atoms with Crippen LogP contribution in [0.5, 0.6) is 5.75 Å². The van der Waals surface area contributed by atoms with Gasteiger partial charge in [0.2, 0.25) is 0 Å². The van der Waals surface area contributed by atoms with E-state index in [1.165, 1.54) is 5.56 Å². The molecule has 0 unspecified atom stereocenters. The Balaban J connectivity index is 1.91.